The molecule has 1 N–H and O–H groups in total. The van der Waals surface area contributed by atoms with Crippen molar-refractivity contribution in [1.82, 2.24) is 10.2 Å². The van der Waals surface area contributed by atoms with Crippen molar-refractivity contribution in [3.05, 3.63) is 87.5 Å². The lowest BCUT2D eigenvalue weighted by molar-refractivity contribution is -0.123. The van der Waals surface area contributed by atoms with Gasteiger partial charge in [-0.15, -0.1) is 0 Å². The molecule has 0 unspecified atom stereocenters. The molecule has 3 aromatic rings. The summed E-state index contributed by atoms with van der Waals surface area (Å²) in [6.07, 6.45) is 1.46. The molecule has 0 spiro atoms. The first-order chi connectivity index (χ1) is 18.3. The van der Waals surface area contributed by atoms with Crippen LogP contribution in [-0.4, -0.2) is 36.5 Å². The number of hydrogen-bond acceptors (Lipinski definition) is 8. The molecular formula is C27H22ClN3O7. The van der Waals surface area contributed by atoms with E-state index in [2.05, 4.69) is 16.1 Å². The van der Waals surface area contributed by atoms with Crippen molar-refractivity contribution in [3.8, 4) is 17.6 Å². The summed E-state index contributed by atoms with van der Waals surface area (Å²) in [5.74, 6) is -0.448. The zero-order chi connectivity index (χ0) is 27.2. The molecule has 0 aliphatic carbocycles. The molecule has 0 radical (unpaired) electrons. The molecule has 0 saturated carbocycles. The highest BCUT2D eigenvalue weighted by Crippen LogP contribution is 2.38. The number of ether oxygens (including phenoxy) is 3. The number of urea groups is 1. The van der Waals surface area contributed by atoms with Gasteiger partial charge in [-0.2, -0.15) is 5.26 Å². The quantitative estimate of drug-likeness (QED) is 0.238. The molecule has 4 rings (SSSR count). The van der Waals surface area contributed by atoms with Crippen molar-refractivity contribution in [2.75, 3.05) is 13.7 Å². The van der Waals surface area contributed by atoms with Crippen LogP contribution in [0.2, 0.25) is 5.02 Å². The predicted molar refractivity (Wildman–Crippen MR) is 135 cm³/mol. The maximum atomic E-state index is 12.9. The van der Waals surface area contributed by atoms with Gasteiger partial charge in [-0.1, -0.05) is 29.8 Å². The normalized spacial score (nSPS) is 13.8. The second-order valence-corrected chi connectivity index (χ2v) is 8.36. The van der Waals surface area contributed by atoms with Gasteiger partial charge in [-0.25, -0.2) is 9.59 Å². The molecule has 1 aromatic heterocycles. The van der Waals surface area contributed by atoms with E-state index in [0.29, 0.717) is 29.0 Å². The molecule has 3 amide bonds. The lowest BCUT2D eigenvalue weighted by atomic mass is 10.1. The molecule has 1 saturated heterocycles. The number of furan rings is 1. The van der Waals surface area contributed by atoms with Crippen molar-refractivity contribution in [3.63, 3.8) is 0 Å². The lowest BCUT2D eigenvalue weighted by Gasteiger charge is -2.15. The minimum absolute atomic E-state index is 0.0184. The Morgan fingerprint density at radius 2 is 1.97 bits per heavy atom. The highest BCUT2D eigenvalue weighted by atomic mass is 35.5. The number of amides is 3. The average Bonchev–Trinajstić information content (AvgIpc) is 3.48. The van der Waals surface area contributed by atoms with Gasteiger partial charge >= 0.3 is 12.0 Å². The average molecular weight is 536 g/mol. The number of esters is 1. The number of rotatable bonds is 9. The molecular weight excluding hydrogens is 514 g/mol. The van der Waals surface area contributed by atoms with Gasteiger partial charge in [0.25, 0.3) is 5.91 Å². The summed E-state index contributed by atoms with van der Waals surface area (Å²) in [4.78, 5) is 37.9. The Morgan fingerprint density at radius 1 is 1.18 bits per heavy atom. The van der Waals surface area contributed by atoms with Gasteiger partial charge in [0.2, 0.25) is 5.76 Å². The Kier molecular flexibility index (Phi) is 7.99. The highest BCUT2D eigenvalue weighted by Gasteiger charge is 2.34. The van der Waals surface area contributed by atoms with E-state index in [1.54, 1.807) is 43.3 Å². The second kappa shape index (κ2) is 11.5. The Hall–Kier alpha value is -4.75. The monoisotopic (exact) mass is 535 g/mol. The third-order valence-corrected chi connectivity index (χ3v) is 5.76. The Morgan fingerprint density at radius 3 is 2.71 bits per heavy atom. The first-order valence-corrected chi connectivity index (χ1v) is 11.8. The van der Waals surface area contributed by atoms with Gasteiger partial charge in [0.05, 0.1) is 36.9 Å². The number of carbonyl (C=O) groups excluding carboxylic acids is 3. The number of nitrogens with one attached hydrogen (secondary N) is 1. The molecule has 11 heteroatoms. The molecule has 38 heavy (non-hydrogen) atoms. The fraction of sp³-hybridized carbons (Fsp3) is 0.185. The van der Waals surface area contributed by atoms with Gasteiger partial charge in [0.15, 0.2) is 11.5 Å². The van der Waals surface area contributed by atoms with Crippen LogP contribution in [0.15, 0.2) is 58.6 Å². The standard InChI is InChI=1S/C27H22ClN3O7/c1-3-36-23-12-16(10-20(28)24(23)37-15-18-7-5-4-6-17(18)13-29)11-21-25(32)31(27(34)30-21)14-19-8-9-22(38-19)26(33)35-2/h4-12H,3,14-15H2,1-2H3,(H,30,34)/b21-11-. The predicted octanol–water partition coefficient (Wildman–Crippen LogP) is 4.66. The number of nitrogens with zero attached hydrogens (tertiary/aromatic N) is 2. The van der Waals surface area contributed by atoms with Crippen molar-refractivity contribution in [2.24, 2.45) is 0 Å². The van der Waals surface area contributed by atoms with E-state index in [4.69, 9.17) is 25.5 Å². The van der Waals surface area contributed by atoms with E-state index >= 15 is 0 Å². The topological polar surface area (TPSA) is 131 Å². The summed E-state index contributed by atoms with van der Waals surface area (Å²) in [5.41, 5.74) is 1.68. The van der Waals surface area contributed by atoms with Crippen LogP contribution in [-0.2, 0) is 22.7 Å². The van der Waals surface area contributed by atoms with Crippen LogP contribution < -0.4 is 14.8 Å². The molecule has 194 valence electrons. The van der Waals surface area contributed by atoms with Crippen molar-refractivity contribution < 1.29 is 33.0 Å². The Bertz CT molecular complexity index is 1470. The first kappa shape index (κ1) is 26.3. The van der Waals surface area contributed by atoms with Crippen LogP contribution in [0, 0.1) is 11.3 Å². The van der Waals surface area contributed by atoms with E-state index in [1.165, 1.54) is 25.3 Å². The SMILES string of the molecule is CCOc1cc(/C=C2\NC(=O)N(Cc3ccc(C(=O)OC)o3)C2=O)cc(Cl)c1OCc1ccccc1C#N. The van der Waals surface area contributed by atoms with Crippen LogP contribution in [0.5, 0.6) is 11.5 Å². The van der Waals surface area contributed by atoms with Gasteiger partial charge < -0.3 is 23.9 Å². The number of hydrogen-bond donors (Lipinski definition) is 1. The third kappa shape index (κ3) is 5.63. The number of imide groups is 1. The van der Waals surface area contributed by atoms with E-state index in [9.17, 15) is 19.6 Å². The number of nitriles is 1. The van der Waals surface area contributed by atoms with E-state index < -0.39 is 17.9 Å². The van der Waals surface area contributed by atoms with E-state index in [0.717, 1.165) is 4.90 Å². The molecule has 1 aliphatic heterocycles. The van der Waals surface area contributed by atoms with Crippen molar-refractivity contribution >= 4 is 35.6 Å². The zero-order valence-electron chi connectivity index (χ0n) is 20.4. The molecule has 10 nitrogen and oxygen atoms in total. The van der Waals surface area contributed by atoms with Gasteiger partial charge in [0.1, 0.15) is 18.1 Å². The van der Waals surface area contributed by atoms with Crippen LogP contribution in [0.4, 0.5) is 4.79 Å². The number of methoxy groups -OCH3 is 1. The van der Waals surface area contributed by atoms with Gasteiger partial charge in [-0.05, 0) is 48.9 Å². The minimum Gasteiger partial charge on any atom is -0.490 e. The molecule has 2 aromatic carbocycles. The highest BCUT2D eigenvalue weighted by molar-refractivity contribution is 6.32. The minimum atomic E-state index is -0.669. The Labute approximate surface area is 222 Å². The van der Waals surface area contributed by atoms with E-state index in [1.807, 2.05) is 0 Å². The van der Waals surface area contributed by atoms with Crippen molar-refractivity contribution in [2.45, 2.75) is 20.1 Å². The molecule has 0 bridgehead atoms. The zero-order valence-corrected chi connectivity index (χ0v) is 21.2. The molecule has 2 heterocycles. The smallest absolute Gasteiger partial charge is 0.373 e. The number of carbonyl (C=O) groups is 3. The summed E-state index contributed by atoms with van der Waals surface area (Å²) >= 11 is 6.50. The summed E-state index contributed by atoms with van der Waals surface area (Å²) in [7, 11) is 1.22. The lowest BCUT2D eigenvalue weighted by Crippen LogP contribution is -2.30. The summed E-state index contributed by atoms with van der Waals surface area (Å²) in [6, 6.07) is 14.6. The van der Waals surface area contributed by atoms with Crippen LogP contribution >= 0.6 is 11.6 Å². The second-order valence-electron chi connectivity index (χ2n) is 7.96. The molecule has 0 atom stereocenters. The van der Waals surface area contributed by atoms with Crippen LogP contribution in [0.1, 0.15) is 39.9 Å². The van der Waals surface area contributed by atoms with E-state index in [-0.39, 0.29) is 41.1 Å². The number of benzene rings is 2. The summed E-state index contributed by atoms with van der Waals surface area (Å²) < 4.78 is 21.6. The number of halogens is 1. The first-order valence-electron chi connectivity index (χ1n) is 11.4. The fourth-order valence-corrected chi connectivity index (χ4v) is 3.96. The van der Waals surface area contributed by atoms with Crippen LogP contribution in [0.25, 0.3) is 6.08 Å². The van der Waals surface area contributed by atoms with Gasteiger partial charge in [0, 0.05) is 5.56 Å². The fourth-order valence-electron chi connectivity index (χ4n) is 3.69. The Balaban J connectivity index is 1.54. The largest absolute Gasteiger partial charge is 0.490 e. The molecule has 1 fully saturated rings. The van der Waals surface area contributed by atoms with Crippen molar-refractivity contribution in [1.29, 1.82) is 5.26 Å². The summed E-state index contributed by atoms with van der Waals surface area (Å²) in [5, 5.41) is 12.1. The maximum absolute atomic E-state index is 12.9. The van der Waals surface area contributed by atoms with Crippen LogP contribution in [0.3, 0.4) is 0 Å². The maximum Gasteiger partial charge on any atom is 0.373 e. The van der Waals surface area contributed by atoms with Gasteiger partial charge in [-0.3, -0.25) is 9.69 Å². The molecule has 1 aliphatic rings. The summed E-state index contributed by atoms with van der Waals surface area (Å²) in [6.45, 7) is 2.03. The third-order valence-electron chi connectivity index (χ3n) is 5.48.